The van der Waals surface area contributed by atoms with Gasteiger partial charge < -0.3 is 4.98 Å². The molecule has 0 unspecified atom stereocenters. The fraction of sp³-hybridized carbons (Fsp3) is 0.400. The van der Waals surface area contributed by atoms with Crippen molar-refractivity contribution in [1.82, 2.24) is 24.3 Å². The van der Waals surface area contributed by atoms with E-state index in [-0.39, 0.29) is 11.6 Å². The van der Waals surface area contributed by atoms with Crippen LogP contribution in [0.15, 0.2) is 34.1 Å². The smallest absolute Gasteiger partial charge is 0.259 e. The average Bonchev–Trinajstić information content (AvgIpc) is 3.19. The third-order valence-electron chi connectivity index (χ3n) is 4.23. The predicted molar refractivity (Wildman–Crippen MR) is 84.9 cm³/mol. The molecular weight excluding hydrogens is 298 g/mol. The summed E-state index contributed by atoms with van der Waals surface area (Å²) in [5.74, 6) is 0.613. The van der Waals surface area contributed by atoms with Gasteiger partial charge in [0.25, 0.3) is 5.56 Å². The molecular formula is C15H17N5OS. The minimum absolute atomic E-state index is 0.0274. The zero-order valence-electron chi connectivity index (χ0n) is 12.1. The first kappa shape index (κ1) is 13.7. The van der Waals surface area contributed by atoms with Gasteiger partial charge >= 0.3 is 0 Å². The molecule has 3 aromatic rings. The highest BCUT2D eigenvalue weighted by atomic mass is 32.1. The van der Waals surface area contributed by atoms with Crippen LogP contribution in [0.2, 0.25) is 0 Å². The second-order valence-corrected chi connectivity index (χ2v) is 6.36. The van der Waals surface area contributed by atoms with Crippen molar-refractivity contribution in [3.05, 3.63) is 51.1 Å². The van der Waals surface area contributed by atoms with E-state index >= 15 is 0 Å². The number of thiazole rings is 1. The van der Waals surface area contributed by atoms with Gasteiger partial charge in [0.2, 0.25) is 5.78 Å². The van der Waals surface area contributed by atoms with Crippen LogP contribution < -0.4 is 5.56 Å². The van der Waals surface area contributed by atoms with Crippen LogP contribution in [-0.2, 0) is 6.54 Å². The van der Waals surface area contributed by atoms with Gasteiger partial charge in [-0.2, -0.15) is 0 Å². The number of rotatable bonds is 3. The molecule has 6 nitrogen and oxygen atoms in total. The lowest BCUT2D eigenvalue weighted by atomic mass is 9.99. The average molecular weight is 315 g/mol. The van der Waals surface area contributed by atoms with E-state index < -0.39 is 0 Å². The Balaban J connectivity index is 1.68. The first-order valence-corrected chi connectivity index (χ1v) is 8.43. The summed E-state index contributed by atoms with van der Waals surface area (Å²) in [7, 11) is 0. The molecule has 0 bridgehead atoms. The van der Waals surface area contributed by atoms with Crippen molar-refractivity contribution in [1.29, 1.82) is 0 Å². The van der Waals surface area contributed by atoms with Gasteiger partial charge in [-0.25, -0.2) is 9.97 Å². The van der Waals surface area contributed by atoms with E-state index in [1.54, 1.807) is 29.8 Å². The fourth-order valence-corrected chi connectivity index (χ4v) is 3.73. The number of nitrogens with zero attached hydrogens (tertiary/aromatic N) is 4. The van der Waals surface area contributed by atoms with Crippen molar-refractivity contribution in [2.45, 2.75) is 31.8 Å². The molecule has 0 radical (unpaired) electrons. The number of imidazole rings is 1. The Labute approximate surface area is 131 Å². The molecule has 0 aromatic carbocycles. The quantitative estimate of drug-likeness (QED) is 0.805. The van der Waals surface area contributed by atoms with E-state index in [0.29, 0.717) is 5.78 Å². The number of hydrogen-bond acceptors (Lipinski definition) is 5. The number of likely N-dealkylation sites (tertiary alicyclic amines) is 1. The maximum atomic E-state index is 12.2. The van der Waals surface area contributed by atoms with E-state index in [4.69, 9.17) is 0 Å². The Kier molecular flexibility index (Phi) is 3.51. The van der Waals surface area contributed by atoms with Crippen LogP contribution in [0.1, 0.15) is 36.7 Å². The Morgan fingerprint density at radius 1 is 1.36 bits per heavy atom. The normalized spacial score (nSPS) is 19.7. The van der Waals surface area contributed by atoms with E-state index in [1.807, 2.05) is 5.51 Å². The Morgan fingerprint density at radius 3 is 3.18 bits per heavy atom. The van der Waals surface area contributed by atoms with E-state index in [2.05, 4.69) is 25.2 Å². The van der Waals surface area contributed by atoms with Gasteiger partial charge in [-0.3, -0.25) is 14.1 Å². The van der Waals surface area contributed by atoms with Crippen LogP contribution in [-0.4, -0.2) is 30.8 Å². The maximum absolute atomic E-state index is 12.2. The highest BCUT2D eigenvalue weighted by Crippen LogP contribution is 2.30. The number of fused-ring (bicyclic) bond motifs is 1. The van der Waals surface area contributed by atoms with E-state index in [1.165, 1.54) is 17.2 Å². The Morgan fingerprint density at radius 2 is 2.32 bits per heavy atom. The molecule has 0 aliphatic carbocycles. The summed E-state index contributed by atoms with van der Waals surface area (Å²) in [5.41, 5.74) is 3.90. The summed E-state index contributed by atoms with van der Waals surface area (Å²) in [6, 6.07) is 1.93. The van der Waals surface area contributed by atoms with Gasteiger partial charge in [0.05, 0.1) is 17.2 Å². The monoisotopic (exact) mass is 315 g/mol. The van der Waals surface area contributed by atoms with Crippen molar-refractivity contribution in [2.24, 2.45) is 0 Å². The van der Waals surface area contributed by atoms with Crippen molar-refractivity contribution < 1.29 is 0 Å². The minimum atomic E-state index is -0.0274. The topological polar surface area (TPSA) is 66.3 Å². The molecule has 3 aromatic heterocycles. The fourth-order valence-electron chi connectivity index (χ4n) is 3.18. The minimum Gasteiger partial charge on any atom is -0.327 e. The van der Waals surface area contributed by atoms with Gasteiger partial charge in [-0.05, 0) is 19.4 Å². The van der Waals surface area contributed by atoms with Gasteiger partial charge in [0, 0.05) is 36.1 Å². The third-order valence-corrected chi connectivity index (χ3v) is 4.87. The van der Waals surface area contributed by atoms with E-state index in [0.717, 1.165) is 30.9 Å². The van der Waals surface area contributed by atoms with Crippen molar-refractivity contribution in [3.8, 4) is 0 Å². The van der Waals surface area contributed by atoms with Gasteiger partial charge in [0.1, 0.15) is 0 Å². The van der Waals surface area contributed by atoms with Gasteiger partial charge in [0.15, 0.2) is 0 Å². The first-order chi connectivity index (χ1) is 10.8. The number of piperidine rings is 1. The third kappa shape index (κ3) is 2.46. The number of hydrogen-bond donors (Lipinski definition) is 1. The molecule has 22 heavy (non-hydrogen) atoms. The molecule has 1 aliphatic heterocycles. The van der Waals surface area contributed by atoms with E-state index in [9.17, 15) is 4.79 Å². The van der Waals surface area contributed by atoms with Crippen LogP contribution in [0.5, 0.6) is 0 Å². The lowest BCUT2D eigenvalue weighted by molar-refractivity contribution is 0.136. The molecule has 1 atom stereocenters. The Bertz CT molecular complexity index is 822. The summed E-state index contributed by atoms with van der Waals surface area (Å²) in [5, 5.41) is 2.09. The second kappa shape index (κ2) is 5.66. The number of nitrogens with one attached hydrogen (secondary N) is 1. The van der Waals surface area contributed by atoms with Crippen LogP contribution in [0, 0.1) is 0 Å². The van der Waals surface area contributed by atoms with Crippen molar-refractivity contribution in [2.75, 3.05) is 6.54 Å². The van der Waals surface area contributed by atoms with Crippen LogP contribution in [0.3, 0.4) is 0 Å². The lowest BCUT2D eigenvalue weighted by Gasteiger charge is -2.35. The maximum Gasteiger partial charge on any atom is 0.259 e. The molecule has 1 saturated heterocycles. The van der Waals surface area contributed by atoms with Gasteiger partial charge in [-0.15, -0.1) is 11.3 Å². The first-order valence-electron chi connectivity index (χ1n) is 7.49. The molecule has 0 spiro atoms. The van der Waals surface area contributed by atoms with Crippen LogP contribution >= 0.6 is 11.3 Å². The molecule has 114 valence electrons. The molecule has 0 amide bonds. The summed E-state index contributed by atoms with van der Waals surface area (Å²) in [6.07, 6.45) is 6.75. The standard InChI is InChI=1S/C15H17N5OS/c21-14-7-12(18-15-16-4-6-20(14)15)13-3-1-2-5-19(13)8-11-9-22-10-17-11/h4,6-7,9-10,13H,1-3,5,8H2,(H,16,18)/t13-/m1/s1. The summed E-state index contributed by atoms with van der Waals surface area (Å²) in [4.78, 5) is 26.5. The Hall–Kier alpha value is -1.99. The van der Waals surface area contributed by atoms with Crippen LogP contribution in [0.25, 0.3) is 5.78 Å². The molecule has 1 N–H and O–H groups in total. The summed E-state index contributed by atoms with van der Waals surface area (Å²) < 4.78 is 1.54. The number of H-pyrrole nitrogens is 1. The number of aromatic nitrogens is 4. The zero-order valence-corrected chi connectivity index (χ0v) is 12.9. The highest BCUT2D eigenvalue weighted by Gasteiger charge is 2.25. The lowest BCUT2D eigenvalue weighted by Crippen LogP contribution is -2.34. The molecule has 7 heteroatoms. The highest BCUT2D eigenvalue weighted by molar-refractivity contribution is 7.07. The zero-order chi connectivity index (χ0) is 14.9. The number of aromatic amines is 1. The molecule has 0 saturated carbocycles. The summed E-state index contributed by atoms with van der Waals surface area (Å²) in [6.45, 7) is 1.86. The SMILES string of the molecule is O=c1cc([C@H]2CCCCN2Cc2cscn2)[nH]c2nccn12. The summed E-state index contributed by atoms with van der Waals surface area (Å²) >= 11 is 1.62. The molecule has 1 fully saturated rings. The molecule has 4 rings (SSSR count). The molecule has 4 heterocycles. The van der Waals surface area contributed by atoms with Crippen molar-refractivity contribution >= 4 is 17.1 Å². The van der Waals surface area contributed by atoms with Gasteiger partial charge in [-0.1, -0.05) is 6.42 Å². The van der Waals surface area contributed by atoms with Crippen molar-refractivity contribution in [3.63, 3.8) is 0 Å². The second-order valence-electron chi connectivity index (χ2n) is 5.65. The van der Waals surface area contributed by atoms with Crippen LogP contribution in [0.4, 0.5) is 0 Å². The molecule has 1 aliphatic rings. The predicted octanol–water partition coefficient (Wildman–Crippen LogP) is 2.21. The largest absolute Gasteiger partial charge is 0.327 e.